The largest absolute Gasteiger partial charge is 0.490 e. The van der Waals surface area contributed by atoms with E-state index in [0.717, 1.165) is 12.8 Å². The highest BCUT2D eigenvalue weighted by molar-refractivity contribution is 5.97. The number of benzene rings is 1. The summed E-state index contributed by atoms with van der Waals surface area (Å²) in [5.41, 5.74) is 0.474. The maximum atomic E-state index is 13.5. The fourth-order valence-corrected chi connectivity index (χ4v) is 2.55. The highest BCUT2D eigenvalue weighted by atomic mass is 19.3. The van der Waals surface area contributed by atoms with Gasteiger partial charge in [0.1, 0.15) is 5.75 Å². The van der Waals surface area contributed by atoms with E-state index in [1.807, 2.05) is 6.07 Å². The lowest BCUT2D eigenvalue weighted by molar-refractivity contribution is -0.0921. The molecule has 0 N–H and O–H groups in total. The number of piperidine rings is 1. The van der Waals surface area contributed by atoms with Crippen molar-refractivity contribution in [3.63, 3.8) is 0 Å². The summed E-state index contributed by atoms with van der Waals surface area (Å²) in [7, 11) is 0. The van der Waals surface area contributed by atoms with Crippen LogP contribution in [0.1, 0.15) is 36.5 Å². The summed E-state index contributed by atoms with van der Waals surface area (Å²) < 4.78 is 32.8. The van der Waals surface area contributed by atoms with Crippen molar-refractivity contribution in [3.8, 4) is 5.75 Å². The fraction of sp³-hybridized carbons (Fsp3) is 0.562. The normalized spacial score (nSPS) is 24.7. The van der Waals surface area contributed by atoms with Crippen molar-refractivity contribution in [1.82, 2.24) is 4.90 Å². The molecule has 1 amide bonds. The van der Waals surface area contributed by atoms with Crippen molar-refractivity contribution in [3.05, 3.63) is 29.8 Å². The van der Waals surface area contributed by atoms with Gasteiger partial charge in [0.2, 0.25) is 0 Å². The number of para-hydroxylation sites is 1. The summed E-state index contributed by atoms with van der Waals surface area (Å²) in [5.74, 6) is -3.14. The molecule has 1 saturated heterocycles. The predicted octanol–water partition coefficient (Wildman–Crippen LogP) is 3.35. The Morgan fingerprint density at radius 3 is 2.71 bits per heavy atom. The number of likely N-dealkylation sites (tertiary alicyclic amines) is 1. The number of amides is 1. The van der Waals surface area contributed by atoms with Crippen LogP contribution in [0, 0.1) is 5.92 Å². The second kappa shape index (κ2) is 5.28. The maximum Gasteiger partial charge on any atom is 0.257 e. The van der Waals surface area contributed by atoms with Crippen LogP contribution in [0.15, 0.2) is 24.3 Å². The first-order chi connectivity index (χ1) is 9.97. The summed E-state index contributed by atoms with van der Waals surface area (Å²) in [6, 6.07) is 7.07. The van der Waals surface area contributed by atoms with Crippen molar-refractivity contribution in [2.24, 2.45) is 5.92 Å². The lowest BCUT2D eigenvalue weighted by atomic mass is 9.95. The first kappa shape index (κ1) is 14.3. The number of alkyl halides is 2. The van der Waals surface area contributed by atoms with Crippen LogP contribution in [0.5, 0.6) is 5.75 Å². The molecule has 1 aromatic carbocycles. The van der Waals surface area contributed by atoms with Crippen LogP contribution in [0.2, 0.25) is 0 Å². The van der Waals surface area contributed by atoms with Gasteiger partial charge >= 0.3 is 0 Å². The molecule has 1 atom stereocenters. The second-order valence-corrected chi connectivity index (χ2v) is 5.98. The number of ether oxygens (including phenoxy) is 1. The Bertz CT molecular complexity index is 543. The number of hydrogen-bond donors (Lipinski definition) is 0. The van der Waals surface area contributed by atoms with Crippen molar-refractivity contribution in [2.45, 2.75) is 38.2 Å². The molecule has 3 nitrogen and oxygen atoms in total. The Balaban J connectivity index is 1.76. The minimum Gasteiger partial charge on any atom is -0.490 e. The summed E-state index contributed by atoms with van der Waals surface area (Å²) in [5, 5.41) is 0. The molecule has 5 heteroatoms. The number of halogens is 2. The van der Waals surface area contributed by atoms with Gasteiger partial charge in [0.15, 0.2) is 0 Å². The third kappa shape index (κ3) is 3.01. The summed E-state index contributed by atoms with van der Waals surface area (Å²) in [6.45, 7) is 1.67. The highest BCUT2D eigenvalue weighted by Gasteiger charge is 2.42. The molecule has 1 unspecified atom stereocenters. The smallest absolute Gasteiger partial charge is 0.257 e. The van der Waals surface area contributed by atoms with E-state index in [0.29, 0.717) is 11.3 Å². The second-order valence-electron chi connectivity index (χ2n) is 5.98. The van der Waals surface area contributed by atoms with E-state index < -0.39 is 11.8 Å². The first-order valence-electron chi connectivity index (χ1n) is 7.40. The van der Waals surface area contributed by atoms with Crippen molar-refractivity contribution >= 4 is 5.91 Å². The summed E-state index contributed by atoms with van der Waals surface area (Å²) in [6.07, 6.45) is 1.94. The van der Waals surface area contributed by atoms with Gasteiger partial charge in [0, 0.05) is 25.4 Å². The zero-order valence-electron chi connectivity index (χ0n) is 12.0. The van der Waals surface area contributed by atoms with Crippen LogP contribution < -0.4 is 4.74 Å². The molecule has 1 aliphatic carbocycles. The van der Waals surface area contributed by atoms with Gasteiger partial charge in [-0.25, -0.2) is 8.78 Å². The molecule has 1 aliphatic heterocycles. The number of carbonyl (C=O) groups excluding carboxylic acids is 1. The van der Waals surface area contributed by atoms with Crippen molar-refractivity contribution in [2.75, 3.05) is 13.1 Å². The van der Waals surface area contributed by atoms with Gasteiger partial charge in [0.05, 0.1) is 11.7 Å². The molecule has 2 aliphatic rings. The Kier molecular flexibility index (Phi) is 3.59. The van der Waals surface area contributed by atoms with E-state index in [1.165, 1.54) is 11.8 Å². The zero-order chi connectivity index (χ0) is 15.0. The lowest BCUT2D eigenvalue weighted by Gasteiger charge is -2.36. The third-order valence-electron chi connectivity index (χ3n) is 4.15. The first-order valence-corrected chi connectivity index (χ1v) is 7.40. The van der Waals surface area contributed by atoms with Crippen LogP contribution in [0.3, 0.4) is 0 Å². The lowest BCUT2D eigenvalue weighted by Crippen LogP contribution is -2.48. The van der Waals surface area contributed by atoms with Crippen molar-refractivity contribution < 1.29 is 18.3 Å². The van der Waals surface area contributed by atoms with Gasteiger partial charge in [0.25, 0.3) is 11.8 Å². The Morgan fingerprint density at radius 2 is 2.05 bits per heavy atom. The molecule has 0 radical (unpaired) electrons. The highest BCUT2D eigenvalue weighted by Crippen LogP contribution is 2.35. The van der Waals surface area contributed by atoms with Gasteiger partial charge in [-0.2, -0.15) is 0 Å². The molecule has 1 heterocycles. The monoisotopic (exact) mass is 295 g/mol. The molecule has 3 rings (SSSR count). The van der Waals surface area contributed by atoms with Crippen LogP contribution in [-0.2, 0) is 0 Å². The SMILES string of the molecule is CC1CN(C(=O)c2ccccc2OC2CC2)CCC1(F)F. The molecule has 2 fully saturated rings. The van der Waals surface area contributed by atoms with Gasteiger partial charge in [-0.05, 0) is 25.0 Å². The van der Waals surface area contributed by atoms with E-state index in [1.54, 1.807) is 18.2 Å². The zero-order valence-corrected chi connectivity index (χ0v) is 12.0. The number of rotatable bonds is 3. The molecule has 21 heavy (non-hydrogen) atoms. The molecular formula is C16H19F2NO2. The van der Waals surface area contributed by atoms with E-state index in [4.69, 9.17) is 4.74 Å². The van der Waals surface area contributed by atoms with E-state index >= 15 is 0 Å². The predicted molar refractivity (Wildman–Crippen MR) is 74.7 cm³/mol. The van der Waals surface area contributed by atoms with Gasteiger partial charge in [-0.1, -0.05) is 19.1 Å². The summed E-state index contributed by atoms with van der Waals surface area (Å²) in [4.78, 5) is 14.1. The van der Waals surface area contributed by atoms with Crippen LogP contribution in [0.25, 0.3) is 0 Å². The molecular weight excluding hydrogens is 276 g/mol. The number of carbonyl (C=O) groups is 1. The minimum atomic E-state index is -2.68. The molecule has 1 aromatic rings. The van der Waals surface area contributed by atoms with E-state index in [2.05, 4.69) is 0 Å². The Labute approximate surface area is 122 Å². The molecule has 114 valence electrons. The van der Waals surface area contributed by atoms with E-state index in [-0.39, 0.29) is 31.5 Å². The minimum absolute atomic E-state index is 0.0869. The standard InChI is InChI=1S/C16H19F2NO2/c1-11-10-19(9-8-16(11,17)18)15(20)13-4-2-3-5-14(13)21-12-6-7-12/h2-5,11-12H,6-10H2,1H3. The van der Waals surface area contributed by atoms with E-state index in [9.17, 15) is 13.6 Å². The average molecular weight is 295 g/mol. The Hall–Kier alpha value is -1.65. The molecule has 0 spiro atoms. The Morgan fingerprint density at radius 1 is 1.33 bits per heavy atom. The maximum absolute atomic E-state index is 13.5. The quantitative estimate of drug-likeness (QED) is 0.856. The molecule has 1 saturated carbocycles. The van der Waals surface area contributed by atoms with Crippen LogP contribution >= 0.6 is 0 Å². The number of nitrogens with zero attached hydrogens (tertiary/aromatic N) is 1. The van der Waals surface area contributed by atoms with Crippen LogP contribution in [-0.4, -0.2) is 35.9 Å². The fourth-order valence-electron chi connectivity index (χ4n) is 2.55. The average Bonchev–Trinajstić information content (AvgIpc) is 3.26. The number of hydrogen-bond acceptors (Lipinski definition) is 2. The summed E-state index contributed by atoms with van der Waals surface area (Å²) >= 11 is 0. The van der Waals surface area contributed by atoms with Crippen molar-refractivity contribution in [1.29, 1.82) is 0 Å². The molecule has 0 aromatic heterocycles. The van der Waals surface area contributed by atoms with Gasteiger partial charge in [-0.15, -0.1) is 0 Å². The molecule has 0 bridgehead atoms. The third-order valence-corrected chi connectivity index (χ3v) is 4.15. The van der Waals surface area contributed by atoms with Gasteiger partial charge < -0.3 is 9.64 Å². The van der Waals surface area contributed by atoms with Crippen LogP contribution in [0.4, 0.5) is 8.78 Å². The van der Waals surface area contributed by atoms with Gasteiger partial charge in [-0.3, -0.25) is 4.79 Å². The topological polar surface area (TPSA) is 29.5 Å².